The fourth-order valence-corrected chi connectivity index (χ4v) is 2.19. The first-order chi connectivity index (χ1) is 10.1. The summed E-state index contributed by atoms with van der Waals surface area (Å²) in [4.78, 5) is 18.9. The molecule has 1 atom stereocenters. The van der Waals surface area contributed by atoms with Crippen LogP contribution in [-0.4, -0.2) is 41.8 Å². The zero-order valence-corrected chi connectivity index (χ0v) is 15.0. The molecule has 1 aromatic carbocycles. The summed E-state index contributed by atoms with van der Waals surface area (Å²) < 4.78 is 6.67. The number of rotatable bonds is 6. The van der Waals surface area contributed by atoms with Gasteiger partial charge >= 0.3 is 5.69 Å². The van der Waals surface area contributed by atoms with Gasteiger partial charge in [-0.3, -0.25) is 9.56 Å². The van der Waals surface area contributed by atoms with Crippen molar-refractivity contribution in [2.45, 2.75) is 19.5 Å². The van der Waals surface area contributed by atoms with Crippen LogP contribution >= 0.6 is 24.0 Å². The van der Waals surface area contributed by atoms with Gasteiger partial charge in [0.15, 0.2) is 5.96 Å². The topological polar surface area (TPSA) is 97.4 Å². The number of aromatic amines is 1. The van der Waals surface area contributed by atoms with Crippen LogP contribution in [0.25, 0.3) is 11.0 Å². The van der Waals surface area contributed by atoms with Gasteiger partial charge < -0.3 is 20.8 Å². The highest BCUT2D eigenvalue weighted by atomic mass is 127. The van der Waals surface area contributed by atoms with Gasteiger partial charge in [0.05, 0.1) is 24.2 Å². The first-order valence-electron chi connectivity index (χ1n) is 6.84. The molecule has 1 unspecified atom stereocenters. The Morgan fingerprint density at radius 3 is 2.95 bits per heavy atom. The summed E-state index contributed by atoms with van der Waals surface area (Å²) in [6.45, 7) is 3.42. The van der Waals surface area contributed by atoms with Gasteiger partial charge in [0, 0.05) is 19.7 Å². The number of imidazole rings is 1. The number of nitrogens with two attached hydrogens (primary N) is 1. The molecule has 1 heterocycles. The Labute approximate surface area is 146 Å². The summed E-state index contributed by atoms with van der Waals surface area (Å²) in [6, 6.07) is 7.66. The third-order valence-electron chi connectivity index (χ3n) is 3.10. The molecule has 0 aliphatic rings. The molecule has 4 N–H and O–H groups in total. The zero-order chi connectivity index (χ0) is 15.2. The molecule has 122 valence electrons. The molecule has 0 radical (unpaired) electrons. The molecule has 22 heavy (non-hydrogen) atoms. The van der Waals surface area contributed by atoms with E-state index in [0.29, 0.717) is 25.7 Å². The average Bonchev–Trinajstić information content (AvgIpc) is 2.75. The minimum absolute atomic E-state index is 0. The van der Waals surface area contributed by atoms with E-state index in [9.17, 15) is 4.79 Å². The number of para-hydroxylation sites is 2. The standard InChI is InChI=1S/C14H21N5O2.HI/c1-10(9-21-2)17-13(15)16-7-8-19-12-6-4-3-5-11(12)18-14(19)20;/h3-6,10H,7-9H2,1-2H3,(H,18,20)(H3,15,16,17);1H. The number of methoxy groups -OCH3 is 1. The predicted molar refractivity (Wildman–Crippen MR) is 98.9 cm³/mol. The van der Waals surface area contributed by atoms with Crippen LogP contribution in [0.5, 0.6) is 0 Å². The highest BCUT2D eigenvalue weighted by Gasteiger charge is 2.05. The summed E-state index contributed by atoms with van der Waals surface area (Å²) in [5.41, 5.74) is 7.35. The van der Waals surface area contributed by atoms with Gasteiger partial charge in [-0.05, 0) is 19.1 Å². The lowest BCUT2D eigenvalue weighted by Crippen LogP contribution is -2.40. The summed E-state index contributed by atoms with van der Waals surface area (Å²) in [5.74, 6) is 0.354. The molecule has 0 fully saturated rings. The van der Waals surface area contributed by atoms with Crippen LogP contribution in [-0.2, 0) is 11.3 Å². The summed E-state index contributed by atoms with van der Waals surface area (Å²) in [5, 5.41) is 3.02. The third-order valence-corrected chi connectivity index (χ3v) is 3.10. The maximum absolute atomic E-state index is 11.9. The van der Waals surface area contributed by atoms with Crippen LogP contribution in [0.3, 0.4) is 0 Å². The van der Waals surface area contributed by atoms with E-state index in [1.165, 1.54) is 0 Å². The fourth-order valence-electron chi connectivity index (χ4n) is 2.19. The van der Waals surface area contributed by atoms with Crippen molar-refractivity contribution < 1.29 is 4.74 Å². The molecule has 7 nitrogen and oxygen atoms in total. The van der Waals surface area contributed by atoms with E-state index in [0.717, 1.165) is 11.0 Å². The average molecular weight is 419 g/mol. The van der Waals surface area contributed by atoms with Crippen molar-refractivity contribution in [1.82, 2.24) is 14.9 Å². The van der Waals surface area contributed by atoms with E-state index in [-0.39, 0.29) is 35.7 Å². The molecular weight excluding hydrogens is 397 g/mol. The first-order valence-corrected chi connectivity index (χ1v) is 6.84. The smallest absolute Gasteiger partial charge is 0.326 e. The van der Waals surface area contributed by atoms with E-state index in [1.807, 2.05) is 31.2 Å². The van der Waals surface area contributed by atoms with E-state index in [2.05, 4.69) is 15.3 Å². The number of H-pyrrole nitrogens is 1. The molecule has 2 rings (SSSR count). The number of aromatic nitrogens is 2. The number of ether oxygens (including phenoxy) is 1. The zero-order valence-electron chi connectivity index (χ0n) is 12.7. The van der Waals surface area contributed by atoms with Gasteiger partial charge in [0.25, 0.3) is 0 Å². The first kappa shape index (κ1) is 18.5. The SMILES string of the molecule is COCC(C)NC(N)=NCCn1c(=O)[nH]c2ccccc21.I. The number of benzene rings is 1. The van der Waals surface area contributed by atoms with Gasteiger partial charge in [-0.2, -0.15) is 0 Å². The predicted octanol–water partition coefficient (Wildman–Crippen LogP) is 0.887. The van der Waals surface area contributed by atoms with Crippen LogP contribution in [0, 0.1) is 0 Å². The fraction of sp³-hybridized carbons (Fsp3) is 0.429. The second-order valence-electron chi connectivity index (χ2n) is 4.87. The Bertz CT molecular complexity index is 679. The number of aliphatic imine (C=N–C) groups is 1. The lowest BCUT2D eigenvalue weighted by atomic mass is 10.3. The quantitative estimate of drug-likeness (QED) is 0.368. The lowest BCUT2D eigenvalue weighted by Gasteiger charge is -2.13. The summed E-state index contributed by atoms with van der Waals surface area (Å²) in [6.07, 6.45) is 0. The van der Waals surface area contributed by atoms with Crippen LogP contribution < -0.4 is 16.7 Å². The maximum Gasteiger partial charge on any atom is 0.326 e. The molecule has 0 aliphatic heterocycles. The van der Waals surface area contributed by atoms with Crippen LogP contribution in [0.1, 0.15) is 6.92 Å². The lowest BCUT2D eigenvalue weighted by molar-refractivity contribution is 0.179. The summed E-state index contributed by atoms with van der Waals surface area (Å²) in [7, 11) is 1.63. The molecule has 1 aromatic heterocycles. The number of nitrogens with zero attached hydrogens (tertiary/aromatic N) is 2. The Morgan fingerprint density at radius 1 is 1.50 bits per heavy atom. The van der Waals surface area contributed by atoms with E-state index < -0.39 is 0 Å². The molecule has 8 heteroatoms. The van der Waals surface area contributed by atoms with Gasteiger partial charge in [-0.1, -0.05) is 12.1 Å². The highest BCUT2D eigenvalue weighted by Crippen LogP contribution is 2.08. The van der Waals surface area contributed by atoms with Gasteiger partial charge in [0.1, 0.15) is 0 Å². The molecule has 0 spiro atoms. The summed E-state index contributed by atoms with van der Waals surface area (Å²) >= 11 is 0. The monoisotopic (exact) mass is 419 g/mol. The second kappa shape index (κ2) is 8.79. The van der Waals surface area contributed by atoms with Crippen LogP contribution in [0.2, 0.25) is 0 Å². The minimum Gasteiger partial charge on any atom is -0.383 e. The number of fused-ring (bicyclic) bond motifs is 1. The number of guanidine groups is 1. The Hall–Kier alpha value is -1.55. The molecule has 2 aromatic rings. The van der Waals surface area contributed by atoms with Gasteiger partial charge in [-0.25, -0.2) is 4.79 Å². The number of nitrogens with one attached hydrogen (secondary N) is 2. The molecule has 0 aliphatic carbocycles. The molecule has 0 saturated heterocycles. The van der Waals surface area contributed by atoms with Crippen LogP contribution in [0.15, 0.2) is 34.1 Å². The molecular formula is C14H22IN5O2. The van der Waals surface area contributed by atoms with Crippen molar-refractivity contribution in [3.63, 3.8) is 0 Å². The maximum atomic E-state index is 11.9. The van der Waals surface area contributed by atoms with E-state index in [1.54, 1.807) is 11.7 Å². The molecule has 0 saturated carbocycles. The number of hydrogen-bond acceptors (Lipinski definition) is 3. The Balaban J connectivity index is 0.00000242. The van der Waals surface area contributed by atoms with Crippen molar-refractivity contribution in [2.24, 2.45) is 10.7 Å². The minimum atomic E-state index is -0.134. The Morgan fingerprint density at radius 2 is 2.23 bits per heavy atom. The second-order valence-corrected chi connectivity index (χ2v) is 4.87. The van der Waals surface area contributed by atoms with Crippen molar-refractivity contribution in [3.8, 4) is 0 Å². The van der Waals surface area contributed by atoms with E-state index >= 15 is 0 Å². The normalized spacial score (nSPS) is 12.9. The third kappa shape index (κ3) is 4.73. The van der Waals surface area contributed by atoms with Crippen molar-refractivity contribution in [1.29, 1.82) is 0 Å². The van der Waals surface area contributed by atoms with Crippen LogP contribution in [0.4, 0.5) is 0 Å². The van der Waals surface area contributed by atoms with Crippen molar-refractivity contribution in [2.75, 3.05) is 20.3 Å². The van der Waals surface area contributed by atoms with Crippen molar-refractivity contribution >= 4 is 41.0 Å². The largest absolute Gasteiger partial charge is 0.383 e. The number of hydrogen-bond donors (Lipinski definition) is 3. The van der Waals surface area contributed by atoms with Crippen molar-refractivity contribution in [3.05, 3.63) is 34.7 Å². The van der Waals surface area contributed by atoms with Gasteiger partial charge in [-0.15, -0.1) is 24.0 Å². The number of halogens is 1. The van der Waals surface area contributed by atoms with Gasteiger partial charge in [0.2, 0.25) is 0 Å². The molecule has 0 bridgehead atoms. The molecule has 0 amide bonds. The Kier molecular flexibility index (Phi) is 7.39. The van der Waals surface area contributed by atoms with E-state index in [4.69, 9.17) is 10.5 Å². The highest BCUT2D eigenvalue weighted by molar-refractivity contribution is 14.0.